The van der Waals surface area contributed by atoms with Crippen LogP contribution in [0.25, 0.3) is 0 Å². The van der Waals surface area contributed by atoms with Gasteiger partial charge in [0.25, 0.3) is 0 Å². The van der Waals surface area contributed by atoms with Crippen molar-refractivity contribution in [3.8, 4) is 0 Å². The molecular formula is C8H11N3OS. The van der Waals surface area contributed by atoms with E-state index in [9.17, 15) is 4.79 Å². The van der Waals surface area contributed by atoms with Crippen LogP contribution in [0.1, 0.15) is 12.1 Å². The van der Waals surface area contributed by atoms with Crippen LogP contribution in [-0.4, -0.2) is 16.9 Å². The molecule has 1 heterocycles. The molecule has 5 heteroatoms. The lowest BCUT2D eigenvalue weighted by Gasteiger charge is -1.97. The smallest absolute Gasteiger partial charge is 0.230 e. The monoisotopic (exact) mass is 197 g/mol. The number of anilines is 1. The van der Waals surface area contributed by atoms with E-state index >= 15 is 0 Å². The van der Waals surface area contributed by atoms with Gasteiger partial charge in [-0.3, -0.25) is 4.79 Å². The summed E-state index contributed by atoms with van der Waals surface area (Å²) in [6, 6.07) is 0.0565. The summed E-state index contributed by atoms with van der Waals surface area (Å²) in [6.07, 6.45) is 0.802. The fraction of sp³-hybridized carbons (Fsp3) is 0.500. The molecule has 1 saturated carbocycles. The van der Waals surface area contributed by atoms with Crippen molar-refractivity contribution in [3.05, 3.63) is 11.1 Å². The number of hydrogen-bond acceptors (Lipinski definition) is 4. The van der Waals surface area contributed by atoms with E-state index in [0.29, 0.717) is 5.13 Å². The van der Waals surface area contributed by atoms with Crippen molar-refractivity contribution in [2.45, 2.75) is 19.4 Å². The maximum absolute atomic E-state index is 11.4. The standard InChI is InChI=1S/C8H11N3OS/c1-4-3-13-8(10-4)11-7(12)5-2-6(5)9/h3,5-6H,2,9H2,1H3,(H,10,11,12). The minimum Gasteiger partial charge on any atom is -0.327 e. The molecule has 1 aromatic heterocycles. The van der Waals surface area contributed by atoms with Gasteiger partial charge in [-0.15, -0.1) is 11.3 Å². The predicted octanol–water partition coefficient (Wildman–Crippen LogP) is 0.737. The Morgan fingerprint density at radius 3 is 3.00 bits per heavy atom. The lowest BCUT2D eigenvalue weighted by atomic mass is 10.4. The number of nitrogens with one attached hydrogen (secondary N) is 1. The van der Waals surface area contributed by atoms with E-state index in [-0.39, 0.29) is 17.9 Å². The number of aryl methyl sites for hydroxylation is 1. The fourth-order valence-electron chi connectivity index (χ4n) is 1.13. The SMILES string of the molecule is Cc1csc(NC(=O)C2CC2N)n1. The number of carbonyl (C=O) groups is 1. The van der Waals surface area contributed by atoms with Gasteiger partial charge in [0.15, 0.2) is 5.13 Å². The molecule has 2 atom stereocenters. The number of carbonyl (C=O) groups excluding carboxylic acids is 1. The highest BCUT2D eigenvalue weighted by Gasteiger charge is 2.40. The predicted molar refractivity (Wildman–Crippen MR) is 51.6 cm³/mol. The summed E-state index contributed by atoms with van der Waals surface area (Å²) < 4.78 is 0. The first-order valence-electron chi connectivity index (χ1n) is 4.15. The second-order valence-corrected chi connectivity index (χ2v) is 4.15. The highest BCUT2D eigenvalue weighted by molar-refractivity contribution is 7.13. The quantitative estimate of drug-likeness (QED) is 0.734. The van der Waals surface area contributed by atoms with Crippen LogP contribution in [0.4, 0.5) is 5.13 Å². The van der Waals surface area contributed by atoms with Crippen molar-refractivity contribution in [1.82, 2.24) is 4.98 Å². The zero-order valence-electron chi connectivity index (χ0n) is 7.28. The van der Waals surface area contributed by atoms with Crippen LogP contribution in [0.5, 0.6) is 0 Å². The van der Waals surface area contributed by atoms with Crippen molar-refractivity contribution in [2.24, 2.45) is 11.7 Å². The lowest BCUT2D eigenvalue weighted by Crippen LogP contribution is -2.18. The van der Waals surface area contributed by atoms with Crippen molar-refractivity contribution >= 4 is 22.4 Å². The van der Waals surface area contributed by atoms with E-state index in [2.05, 4.69) is 10.3 Å². The summed E-state index contributed by atoms with van der Waals surface area (Å²) in [7, 11) is 0. The molecule has 0 aliphatic heterocycles. The van der Waals surface area contributed by atoms with Gasteiger partial charge in [0.1, 0.15) is 0 Å². The first-order valence-corrected chi connectivity index (χ1v) is 5.03. The largest absolute Gasteiger partial charge is 0.327 e. The van der Waals surface area contributed by atoms with Gasteiger partial charge in [0.2, 0.25) is 5.91 Å². The Morgan fingerprint density at radius 2 is 2.54 bits per heavy atom. The third-order valence-corrected chi connectivity index (χ3v) is 2.90. The first-order chi connectivity index (χ1) is 6.16. The number of rotatable bonds is 2. The summed E-state index contributed by atoms with van der Waals surface area (Å²) in [5, 5.41) is 5.32. The molecule has 0 aromatic carbocycles. The van der Waals surface area contributed by atoms with Gasteiger partial charge in [-0.05, 0) is 13.3 Å². The Kier molecular flexibility index (Phi) is 2.05. The Morgan fingerprint density at radius 1 is 1.85 bits per heavy atom. The topological polar surface area (TPSA) is 68.0 Å². The lowest BCUT2D eigenvalue weighted by molar-refractivity contribution is -0.117. The molecule has 0 spiro atoms. The molecule has 1 aliphatic rings. The normalized spacial score (nSPS) is 25.7. The second-order valence-electron chi connectivity index (χ2n) is 3.29. The molecule has 1 fully saturated rings. The van der Waals surface area contributed by atoms with E-state index < -0.39 is 0 Å². The van der Waals surface area contributed by atoms with Gasteiger partial charge in [-0.25, -0.2) is 4.98 Å². The van der Waals surface area contributed by atoms with E-state index in [1.165, 1.54) is 11.3 Å². The van der Waals surface area contributed by atoms with Crippen molar-refractivity contribution in [1.29, 1.82) is 0 Å². The van der Waals surface area contributed by atoms with Crippen molar-refractivity contribution in [2.75, 3.05) is 5.32 Å². The molecule has 1 amide bonds. The third-order valence-electron chi connectivity index (χ3n) is 2.03. The molecule has 1 aromatic rings. The molecule has 13 heavy (non-hydrogen) atoms. The minimum atomic E-state index is 0.00171. The first kappa shape index (κ1) is 8.65. The molecule has 1 aliphatic carbocycles. The third kappa shape index (κ3) is 1.87. The summed E-state index contributed by atoms with van der Waals surface area (Å²) in [5.41, 5.74) is 6.48. The number of thiazole rings is 1. The Bertz CT molecular complexity index is 336. The highest BCUT2D eigenvalue weighted by atomic mass is 32.1. The number of nitrogens with two attached hydrogens (primary N) is 1. The average molecular weight is 197 g/mol. The average Bonchev–Trinajstić information content (AvgIpc) is 2.66. The molecule has 2 rings (SSSR count). The number of amides is 1. The van der Waals surface area contributed by atoms with Gasteiger partial charge < -0.3 is 11.1 Å². The molecular weight excluding hydrogens is 186 g/mol. The number of nitrogens with zero attached hydrogens (tertiary/aromatic N) is 1. The molecule has 2 unspecified atom stereocenters. The van der Waals surface area contributed by atoms with E-state index in [4.69, 9.17) is 5.73 Å². The Balaban J connectivity index is 1.95. The summed E-state index contributed by atoms with van der Waals surface area (Å²) in [5.74, 6) is 0.00561. The minimum absolute atomic E-state index is 0.00171. The number of hydrogen-bond donors (Lipinski definition) is 2. The van der Waals surface area contributed by atoms with E-state index in [1.54, 1.807) is 0 Å². The van der Waals surface area contributed by atoms with E-state index in [1.807, 2.05) is 12.3 Å². The molecule has 4 nitrogen and oxygen atoms in total. The van der Waals surface area contributed by atoms with E-state index in [0.717, 1.165) is 12.1 Å². The molecule has 70 valence electrons. The number of aromatic nitrogens is 1. The van der Waals surface area contributed by atoms with Crippen LogP contribution >= 0.6 is 11.3 Å². The van der Waals surface area contributed by atoms with Crippen LogP contribution in [0.2, 0.25) is 0 Å². The van der Waals surface area contributed by atoms with Gasteiger partial charge in [0.05, 0.1) is 11.6 Å². The van der Waals surface area contributed by atoms with Crippen LogP contribution < -0.4 is 11.1 Å². The zero-order valence-corrected chi connectivity index (χ0v) is 8.10. The Hall–Kier alpha value is -0.940. The summed E-state index contributed by atoms with van der Waals surface area (Å²) in [4.78, 5) is 15.5. The molecule has 3 N–H and O–H groups in total. The highest BCUT2D eigenvalue weighted by Crippen LogP contribution is 2.29. The zero-order chi connectivity index (χ0) is 9.42. The molecule has 0 bridgehead atoms. The van der Waals surface area contributed by atoms with Crippen LogP contribution in [0.3, 0.4) is 0 Å². The van der Waals surface area contributed by atoms with Gasteiger partial charge in [-0.2, -0.15) is 0 Å². The van der Waals surface area contributed by atoms with Gasteiger partial charge >= 0.3 is 0 Å². The maximum Gasteiger partial charge on any atom is 0.230 e. The molecule has 0 radical (unpaired) electrons. The summed E-state index contributed by atoms with van der Waals surface area (Å²) in [6.45, 7) is 1.90. The summed E-state index contributed by atoms with van der Waals surface area (Å²) >= 11 is 1.44. The fourth-order valence-corrected chi connectivity index (χ4v) is 1.82. The molecule has 0 saturated heterocycles. The van der Waals surface area contributed by atoms with Crippen LogP contribution in [0, 0.1) is 12.8 Å². The second kappa shape index (κ2) is 3.08. The van der Waals surface area contributed by atoms with Gasteiger partial charge in [0, 0.05) is 11.4 Å². The van der Waals surface area contributed by atoms with Crippen LogP contribution in [-0.2, 0) is 4.79 Å². The van der Waals surface area contributed by atoms with Gasteiger partial charge in [-0.1, -0.05) is 0 Å². The van der Waals surface area contributed by atoms with Crippen molar-refractivity contribution in [3.63, 3.8) is 0 Å². The maximum atomic E-state index is 11.4. The van der Waals surface area contributed by atoms with Crippen molar-refractivity contribution < 1.29 is 4.79 Å². The Labute approximate surface area is 80.2 Å². The van der Waals surface area contributed by atoms with Crippen LogP contribution in [0.15, 0.2) is 5.38 Å².